The van der Waals surface area contributed by atoms with Crippen LogP contribution in [0.15, 0.2) is 41.3 Å². The number of benzene rings is 2. The number of thioether (sulfide) groups is 1. The molecule has 7 nitrogen and oxygen atoms in total. The van der Waals surface area contributed by atoms with Gasteiger partial charge in [0, 0.05) is 6.54 Å². The van der Waals surface area contributed by atoms with E-state index < -0.39 is 0 Å². The number of carbonyl (C=O) groups is 2. The molecular weight excluding hydrogens is 430 g/mol. The number of hydrogen-bond acceptors (Lipinski definition) is 7. The van der Waals surface area contributed by atoms with Gasteiger partial charge in [-0.2, -0.15) is 0 Å². The molecule has 170 valence electrons. The molecule has 1 aliphatic rings. The predicted octanol–water partition coefficient (Wildman–Crippen LogP) is 3.80. The Morgan fingerprint density at radius 1 is 0.781 bits per heavy atom. The van der Waals surface area contributed by atoms with E-state index in [0.29, 0.717) is 51.2 Å². The minimum atomic E-state index is -0.307. The van der Waals surface area contributed by atoms with Crippen molar-refractivity contribution >= 4 is 29.1 Å². The van der Waals surface area contributed by atoms with Crippen LogP contribution in [0.4, 0.5) is 0 Å². The fourth-order valence-corrected chi connectivity index (χ4v) is 4.43. The van der Waals surface area contributed by atoms with Crippen molar-refractivity contribution in [3.05, 3.63) is 52.4 Å². The second kappa shape index (κ2) is 10.5. The van der Waals surface area contributed by atoms with E-state index >= 15 is 0 Å². The number of nitrogens with zero attached hydrogens (tertiary/aromatic N) is 1. The average molecular weight is 458 g/mol. The highest BCUT2D eigenvalue weighted by Crippen LogP contribution is 2.39. The van der Waals surface area contributed by atoms with E-state index in [0.717, 1.165) is 5.56 Å². The molecule has 0 unspecified atom stereocenters. The Morgan fingerprint density at radius 2 is 1.38 bits per heavy atom. The molecule has 8 heteroatoms. The number of methoxy groups -OCH3 is 4. The molecule has 2 aromatic rings. The van der Waals surface area contributed by atoms with Crippen molar-refractivity contribution in [2.75, 3.05) is 40.7 Å². The van der Waals surface area contributed by atoms with Crippen LogP contribution < -0.4 is 18.9 Å². The van der Waals surface area contributed by atoms with Crippen LogP contribution in [0.2, 0.25) is 0 Å². The van der Waals surface area contributed by atoms with Gasteiger partial charge in [-0.15, -0.1) is 11.8 Å². The fourth-order valence-electron chi connectivity index (χ4n) is 3.56. The van der Waals surface area contributed by atoms with Gasteiger partial charge in [-0.05, 0) is 47.6 Å². The van der Waals surface area contributed by atoms with E-state index in [9.17, 15) is 9.59 Å². The Hall–Kier alpha value is -3.13. The standard InChI is InChI=1S/C24H27NO6S/c1-6-32-22-21(16-8-10-18(29-3)20(14-16)31-5)23(26)25(24(22)27)12-11-15-7-9-17(28-2)19(13-15)30-4/h7-10,13-14H,6,11-12H2,1-5H3. The summed E-state index contributed by atoms with van der Waals surface area (Å²) in [5.74, 6) is 2.39. The fraction of sp³-hybridized carbons (Fsp3) is 0.333. The summed E-state index contributed by atoms with van der Waals surface area (Å²) in [6.07, 6.45) is 0.501. The van der Waals surface area contributed by atoms with Crippen LogP contribution in [0.1, 0.15) is 18.1 Å². The van der Waals surface area contributed by atoms with Gasteiger partial charge < -0.3 is 18.9 Å². The lowest BCUT2D eigenvalue weighted by molar-refractivity contribution is -0.136. The Bertz CT molecular complexity index is 1050. The third kappa shape index (κ3) is 4.55. The molecule has 0 fully saturated rings. The summed E-state index contributed by atoms with van der Waals surface area (Å²) < 4.78 is 21.3. The number of ether oxygens (including phenoxy) is 4. The van der Waals surface area contributed by atoms with Gasteiger partial charge in [-0.25, -0.2) is 0 Å². The zero-order valence-electron chi connectivity index (χ0n) is 18.9. The van der Waals surface area contributed by atoms with Crippen molar-refractivity contribution in [3.63, 3.8) is 0 Å². The van der Waals surface area contributed by atoms with Crippen molar-refractivity contribution in [1.29, 1.82) is 0 Å². The highest BCUT2D eigenvalue weighted by atomic mass is 32.2. The summed E-state index contributed by atoms with van der Waals surface area (Å²) in [6.45, 7) is 2.21. The lowest BCUT2D eigenvalue weighted by atomic mass is 10.1. The first kappa shape index (κ1) is 23.5. The molecule has 0 saturated carbocycles. The summed E-state index contributed by atoms with van der Waals surface area (Å²) in [5.41, 5.74) is 1.97. The van der Waals surface area contributed by atoms with E-state index in [4.69, 9.17) is 18.9 Å². The van der Waals surface area contributed by atoms with E-state index in [-0.39, 0.29) is 18.4 Å². The van der Waals surface area contributed by atoms with Crippen molar-refractivity contribution in [1.82, 2.24) is 4.90 Å². The third-order valence-electron chi connectivity index (χ3n) is 5.16. The molecule has 3 rings (SSSR count). The van der Waals surface area contributed by atoms with Gasteiger partial charge >= 0.3 is 0 Å². The van der Waals surface area contributed by atoms with E-state index in [2.05, 4.69) is 0 Å². The van der Waals surface area contributed by atoms with Gasteiger partial charge in [0.1, 0.15) is 0 Å². The Balaban J connectivity index is 1.87. The minimum absolute atomic E-state index is 0.262. The molecule has 1 aliphatic heterocycles. The monoisotopic (exact) mass is 457 g/mol. The first-order chi connectivity index (χ1) is 15.5. The van der Waals surface area contributed by atoms with Gasteiger partial charge in [0.05, 0.1) is 38.9 Å². The summed E-state index contributed by atoms with van der Waals surface area (Å²) in [7, 11) is 6.24. The van der Waals surface area contributed by atoms with Crippen LogP contribution >= 0.6 is 11.8 Å². The summed E-state index contributed by atoms with van der Waals surface area (Å²) >= 11 is 1.37. The smallest absolute Gasteiger partial charge is 0.267 e. The van der Waals surface area contributed by atoms with E-state index in [1.165, 1.54) is 23.8 Å². The maximum absolute atomic E-state index is 13.3. The van der Waals surface area contributed by atoms with Crippen LogP contribution in [-0.4, -0.2) is 57.5 Å². The molecule has 0 atom stereocenters. The molecule has 0 bridgehead atoms. The van der Waals surface area contributed by atoms with Crippen molar-refractivity contribution < 1.29 is 28.5 Å². The Kier molecular flexibility index (Phi) is 7.69. The van der Waals surface area contributed by atoms with Crippen molar-refractivity contribution in [3.8, 4) is 23.0 Å². The van der Waals surface area contributed by atoms with Crippen LogP contribution in [0.25, 0.3) is 5.57 Å². The lowest BCUT2D eigenvalue weighted by Crippen LogP contribution is -2.33. The first-order valence-electron chi connectivity index (χ1n) is 10.2. The number of rotatable bonds is 10. The maximum Gasteiger partial charge on any atom is 0.267 e. The SMILES string of the molecule is CCSC1=C(c2ccc(OC)c(OC)c2)C(=O)N(CCc2ccc(OC)c(OC)c2)C1=O. The predicted molar refractivity (Wildman–Crippen MR) is 125 cm³/mol. The Labute approximate surface area is 192 Å². The maximum atomic E-state index is 13.3. The Morgan fingerprint density at radius 3 is 1.97 bits per heavy atom. The van der Waals surface area contributed by atoms with E-state index in [1.807, 2.05) is 25.1 Å². The van der Waals surface area contributed by atoms with Crippen LogP contribution in [-0.2, 0) is 16.0 Å². The van der Waals surface area contributed by atoms with Gasteiger partial charge in [-0.1, -0.05) is 19.1 Å². The molecule has 32 heavy (non-hydrogen) atoms. The largest absolute Gasteiger partial charge is 0.493 e. The lowest BCUT2D eigenvalue weighted by Gasteiger charge is -2.16. The second-order valence-electron chi connectivity index (χ2n) is 6.91. The zero-order chi connectivity index (χ0) is 23.3. The summed E-state index contributed by atoms with van der Waals surface area (Å²) in [5, 5.41) is 0. The van der Waals surface area contributed by atoms with E-state index in [1.54, 1.807) is 39.5 Å². The normalized spacial score (nSPS) is 13.6. The van der Waals surface area contributed by atoms with Crippen LogP contribution in [0.5, 0.6) is 23.0 Å². The number of carbonyl (C=O) groups excluding carboxylic acids is 2. The van der Waals surface area contributed by atoms with Gasteiger partial charge in [0.15, 0.2) is 23.0 Å². The quantitative estimate of drug-likeness (QED) is 0.503. The highest BCUT2D eigenvalue weighted by Gasteiger charge is 2.39. The van der Waals surface area contributed by atoms with Crippen LogP contribution in [0, 0.1) is 0 Å². The molecule has 0 radical (unpaired) electrons. The molecular formula is C24H27NO6S. The van der Waals surface area contributed by atoms with Gasteiger partial charge in [0.25, 0.3) is 11.8 Å². The van der Waals surface area contributed by atoms with Gasteiger partial charge in [-0.3, -0.25) is 14.5 Å². The van der Waals surface area contributed by atoms with Crippen molar-refractivity contribution in [2.24, 2.45) is 0 Å². The zero-order valence-corrected chi connectivity index (χ0v) is 19.7. The highest BCUT2D eigenvalue weighted by molar-refractivity contribution is 8.04. The third-order valence-corrected chi connectivity index (χ3v) is 6.11. The molecule has 0 aromatic heterocycles. The molecule has 0 saturated heterocycles. The molecule has 2 aromatic carbocycles. The summed E-state index contributed by atoms with van der Waals surface area (Å²) in [4.78, 5) is 28.2. The van der Waals surface area contributed by atoms with Crippen LogP contribution in [0.3, 0.4) is 0 Å². The second-order valence-corrected chi connectivity index (χ2v) is 8.18. The first-order valence-corrected chi connectivity index (χ1v) is 11.1. The van der Waals surface area contributed by atoms with Gasteiger partial charge in [0.2, 0.25) is 0 Å². The molecule has 2 amide bonds. The topological polar surface area (TPSA) is 74.3 Å². The number of amides is 2. The number of imide groups is 1. The molecule has 0 aliphatic carbocycles. The number of hydrogen-bond donors (Lipinski definition) is 0. The average Bonchev–Trinajstić information content (AvgIpc) is 3.05. The molecule has 0 spiro atoms. The molecule has 0 N–H and O–H groups in total. The summed E-state index contributed by atoms with van der Waals surface area (Å²) in [6, 6.07) is 10.8. The minimum Gasteiger partial charge on any atom is -0.493 e. The molecule has 1 heterocycles. The van der Waals surface area contributed by atoms with Crippen molar-refractivity contribution in [2.45, 2.75) is 13.3 Å².